The molecule has 0 atom stereocenters. The molecule has 2 rings (SSSR count). The summed E-state index contributed by atoms with van der Waals surface area (Å²) in [6, 6.07) is 3.21. The van der Waals surface area contributed by atoms with Gasteiger partial charge in [-0.15, -0.1) is 0 Å². The fourth-order valence-electron chi connectivity index (χ4n) is 2.54. The highest BCUT2D eigenvalue weighted by molar-refractivity contribution is 8.18. The van der Waals surface area contributed by atoms with Gasteiger partial charge in [-0.2, -0.15) is 0 Å². The lowest BCUT2D eigenvalue weighted by molar-refractivity contribution is -0.135. The maximum absolute atomic E-state index is 12.5. The van der Waals surface area contributed by atoms with E-state index in [4.69, 9.17) is 27.9 Å². The van der Waals surface area contributed by atoms with Gasteiger partial charge in [-0.3, -0.25) is 19.3 Å². The lowest BCUT2D eigenvalue weighted by Crippen LogP contribution is -2.41. The van der Waals surface area contributed by atoms with Crippen LogP contribution in [0.5, 0.6) is 5.75 Å². The minimum absolute atomic E-state index is 0.212. The molecule has 1 aromatic carbocycles. The smallest absolute Gasteiger partial charge is 0.294 e. The average Bonchev–Trinajstić information content (AvgIpc) is 2.86. The second-order valence-electron chi connectivity index (χ2n) is 5.58. The number of likely N-dealkylation sites (N-methyl/N-ethyl adjacent to an activating group) is 1. The van der Waals surface area contributed by atoms with E-state index in [-0.39, 0.29) is 17.4 Å². The molecule has 1 fully saturated rings. The third kappa shape index (κ3) is 4.97. The lowest BCUT2D eigenvalue weighted by Gasteiger charge is -2.21. The summed E-state index contributed by atoms with van der Waals surface area (Å²) in [5.74, 6) is -0.404. The predicted octanol–water partition coefficient (Wildman–Crippen LogP) is 4.30. The number of thioether (sulfide) groups is 1. The fourth-order valence-corrected chi connectivity index (χ4v) is 4.00. The number of rotatable bonds is 7. The molecule has 3 amide bonds. The minimum Gasteiger partial charge on any atom is -0.491 e. The van der Waals surface area contributed by atoms with Crippen LogP contribution >= 0.6 is 35.0 Å². The van der Waals surface area contributed by atoms with Crippen molar-refractivity contribution in [3.05, 3.63) is 32.6 Å². The van der Waals surface area contributed by atoms with E-state index in [1.54, 1.807) is 17.0 Å². The maximum Gasteiger partial charge on any atom is 0.294 e. The molecule has 146 valence electrons. The van der Waals surface area contributed by atoms with Crippen LogP contribution in [0.2, 0.25) is 10.0 Å². The molecule has 0 spiro atoms. The van der Waals surface area contributed by atoms with Crippen LogP contribution in [0.3, 0.4) is 0 Å². The normalized spacial score (nSPS) is 15.6. The largest absolute Gasteiger partial charge is 0.491 e. The van der Waals surface area contributed by atoms with E-state index in [0.29, 0.717) is 41.1 Å². The van der Waals surface area contributed by atoms with Crippen molar-refractivity contribution >= 4 is 58.1 Å². The molecule has 0 saturated carbocycles. The third-order valence-corrected chi connectivity index (χ3v) is 5.36. The standard InChI is InChI=1S/C18H20Cl2N2O4S/c1-4-21(5-2)15(23)10-22-17(24)14(27-18(22)25)9-11-7-12(19)16(26-6-3)13(20)8-11/h7-9H,4-6,10H2,1-3H3/b14-9-. The van der Waals surface area contributed by atoms with Crippen LogP contribution < -0.4 is 4.74 Å². The van der Waals surface area contributed by atoms with Gasteiger partial charge in [0.2, 0.25) is 5.91 Å². The van der Waals surface area contributed by atoms with Crippen molar-refractivity contribution in [2.45, 2.75) is 20.8 Å². The van der Waals surface area contributed by atoms with Gasteiger partial charge < -0.3 is 9.64 Å². The summed E-state index contributed by atoms with van der Waals surface area (Å²) >= 11 is 13.1. The number of ether oxygens (including phenoxy) is 1. The Morgan fingerprint density at radius 3 is 2.30 bits per heavy atom. The summed E-state index contributed by atoms with van der Waals surface area (Å²) in [6.07, 6.45) is 1.53. The Bertz CT molecular complexity index is 771. The van der Waals surface area contributed by atoms with Gasteiger partial charge in [-0.05, 0) is 56.3 Å². The van der Waals surface area contributed by atoms with Gasteiger partial charge in [0.05, 0.1) is 21.6 Å². The molecular weight excluding hydrogens is 411 g/mol. The van der Waals surface area contributed by atoms with E-state index in [0.717, 1.165) is 16.7 Å². The Kier molecular flexibility index (Phi) is 7.59. The molecule has 1 aliphatic heterocycles. The highest BCUT2D eigenvalue weighted by Gasteiger charge is 2.36. The predicted molar refractivity (Wildman–Crippen MR) is 108 cm³/mol. The molecular formula is C18H20Cl2N2O4S. The maximum atomic E-state index is 12.5. The Morgan fingerprint density at radius 1 is 1.19 bits per heavy atom. The van der Waals surface area contributed by atoms with Crippen molar-refractivity contribution < 1.29 is 19.1 Å². The van der Waals surface area contributed by atoms with Crippen molar-refractivity contribution in [3.8, 4) is 5.75 Å². The second-order valence-corrected chi connectivity index (χ2v) is 7.39. The number of halogens is 2. The molecule has 1 aromatic rings. The number of nitrogens with zero attached hydrogens (tertiary/aromatic N) is 2. The number of benzene rings is 1. The highest BCUT2D eigenvalue weighted by atomic mass is 35.5. The zero-order valence-electron chi connectivity index (χ0n) is 15.3. The molecule has 1 heterocycles. The fraction of sp³-hybridized carbons (Fsp3) is 0.389. The highest BCUT2D eigenvalue weighted by Crippen LogP contribution is 2.37. The molecule has 27 heavy (non-hydrogen) atoms. The molecule has 1 saturated heterocycles. The van der Waals surface area contributed by atoms with Gasteiger partial charge >= 0.3 is 0 Å². The van der Waals surface area contributed by atoms with Crippen LogP contribution in [-0.4, -0.2) is 53.1 Å². The summed E-state index contributed by atoms with van der Waals surface area (Å²) < 4.78 is 5.37. The molecule has 0 aromatic heterocycles. The van der Waals surface area contributed by atoms with Crippen molar-refractivity contribution in [1.29, 1.82) is 0 Å². The SMILES string of the molecule is CCOc1c(Cl)cc(/C=C2\SC(=O)N(CC(=O)N(CC)CC)C2=O)cc1Cl. The number of amides is 3. The summed E-state index contributed by atoms with van der Waals surface area (Å²) in [5, 5.41) is 0.146. The van der Waals surface area contributed by atoms with Gasteiger partial charge in [0, 0.05) is 13.1 Å². The molecule has 1 aliphatic rings. The molecule has 0 N–H and O–H groups in total. The summed E-state index contributed by atoms with van der Waals surface area (Å²) in [4.78, 5) is 39.7. The van der Waals surface area contributed by atoms with Crippen molar-refractivity contribution in [3.63, 3.8) is 0 Å². The Morgan fingerprint density at radius 2 is 1.78 bits per heavy atom. The van der Waals surface area contributed by atoms with E-state index in [1.165, 1.54) is 6.08 Å². The Balaban J connectivity index is 2.22. The monoisotopic (exact) mass is 430 g/mol. The number of hydrogen-bond donors (Lipinski definition) is 0. The van der Waals surface area contributed by atoms with Gasteiger partial charge in [0.25, 0.3) is 11.1 Å². The Labute approximate surface area is 172 Å². The van der Waals surface area contributed by atoms with E-state index in [9.17, 15) is 14.4 Å². The van der Waals surface area contributed by atoms with E-state index < -0.39 is 11.1 Å². The third-order valence-electron chi connectivity index (χ3n) is 3.89. The topological polar surface area (TPSA) is 66.9 Å². The van der Waals surface area contributed by atoms with Crippen LogP contribution in [0.1, 0.15) is 26.3 Å². The molecule has 6 nitrogen and oxygen atoms in total. The first-order chi connectivity index (χ1) is 12.8. The quantitative estimate of drug-likeness (QED) is 0.603. The number of carbonyl (C=O) groups excluding carboxylic acids is 3. The first-order valence-corrected chi connectivity index (χ1v) is 10.0. The van der Waals surface area contributed by atoms with Crippen LogP contribution in [-0.2, 0) is 9.59 Å². The number of carbonyl (C=O) groups is 3. The van der Waals surface area contributed by atoms with Gasteiger partial charge in [0.15, 0.2) is 5.75 Å². The first kappa shape index (κ1) is 21.6. The van der Waals surface area contributed by atoms with Crippen molar-refractivity contribution in [1.82, 2.24) is 9.80 Å². The summed E-state index contributed by atoms with van der Waals surface area (Å²) in [5.41, 5.74) is 0.564. The Hall–Kier alpha value is -1.70. The summed E-state index contributed by atoms with van der Waals surface area (Å²) in [6.45, 7) is 6.68. The van der Waals surface area contributed by atoms with Gasteiger partial charge in [0.1, 0.15) is 6.54 Å². The van der Waals surface area contributed by atoms with Crippen molar-refractivity contribution in [2.75, 3.05) is 26.2 Å². The van der Waals surface area contributed by atoms with Crippen LogP contribution in [0.15, 0.2) is 17.0 Å². The van der Waals surface area contributed by atoms with Crippen molar-refractivity contribution in [2.24, 2.45) is 0 Å². The molecule has 0 unspecified atom stereocenters. The number of hydrogen-bond acceptors (Lipinski definition) is 5. The molecule has 0 bridgehead atoms. The van der Waals surface area contributed by atoms with E-state index in [1.807, 2.05) is 20.8 Å². The molecule has 0 radical (unpaired) electrons. The first-order valence-electron chi connectivity index (χ1n) is 8.47. The van der Waals surface area contributed by atoms with Gasteiger partial charge in [-0.1, -0.05) is 23.2 Å². The lowest BCUT2D eigenvalue weighted by atomic mass is 10.2. The van der Waals surface area contributed by atoms with Gasteiger partial charge in [-0.25, -0.2) is 0 Å². The number of imide groups is 1. The second kappa shape index (κ2) is 9.48. The van der Waals surface area contributed by atoms with Crippen LogP contribution in [0.25, 0.3) is 6.08 Å². The zero-order valence-corrected chi connectivity index (χ0v) is 17.6. The minimum atomic E-state index is -0.508. The van der Waals surface area contributed by atoms with E-state index >= 15 is 0 Å². The summed E-state index contributed by atoms with van der Waals surface area (Å²) in [7, 11) is 0. The van der Waals surface area contributed by atoms with Crippen LogP contribution in [0.4, 0.5) is 4.79 Å². The van der Waals surface area contributed by atoms with Crippen LogP contribution in [0, 0.1) is 0 Å². The zero-order chi connectivity index (χ0) is 20.1. The molecule has 9 heteroatoms. The van der Waals surface area contributed by atoms with E-state index in [2.05, 4.69) is 0 Å². The average molecular weight is 431 g/mol. The molecule has 0 aliphatic carbocycles.